The summed E-state index contributed by atoms with van der Waals surface area (Å²) in [7, 11) is -2.87. The van der Waals surface area contributed by atoms with Gasteiger partial charge in [0.05, 0.1) is 5.75 Å². The molecule has 0 aliphatic heterocycles. The van der Waals surface area contributed by atoms with Crippen molar-refractivity contribution in [1.29, 1.82) is 0 Å². The minimum Gasteiger partial charge on any atom is -0.229 e. The zero-order chi connectivity index (χ0) is 10.8. The third-order valence-corrected chi connectivity index (χ3v) is 3.71. The Morgan fingerprint density at radius 1 is 1.36 bits per heavy atom. The van der Waals surface area contributed by atoms with Crippen molar-refractivity contribution < 1.29 is 8.42 Å². The first-order chi connectivity index (χ1) is 6.37. The van der Waals surface area contributed by atoms with Gasteiger partial charge in [0.15, 0.2) is 0 Å². The predicted octanol–water partition coefficient (Wildman–Crippen LogP) is 2.64. The highest BCUT2D eigenvalue weighted by Gasteiger charge is 2.04. The van der Waals surface area contributed by atoms with E-state index in [1.165, 1.54) is 6.26 Å². The van der Waals surface area contributed by atoms with Crippen molar-refractivity contribution in [2.24, 2.45) is 0 Å². The summed E-state index contributed by atoms with van der Waals surface area (Å²) in [5.41, 5.74) is 1.05. The lowest BCUT2D eigenvalue weighted by molar-refractivity contribution is 0.601. The topological polar surface area (TPSA) is 34.1 Å². The molecule has 0 spiro atoms. The maximum atomic E-state index is 11.0. The standard InChI is InChI=1S/C9H10BrIO2S/c1-14(12,13)3-2-7-4-8(10)6-9(11)5-7/h4-6H,2-3H2,1H3. The Morgan fingerprint density at radius 2 is 2.00 bits per heavy atom. The normalized spacial score (nSPS) is 11.6. The largest absolute Gasteiger partial charge is 0.229 e. The molecule has 0 amide bonds. The molecule has 0 heterocycles. The van der Waals surface area contributed by atoms with Crippen molar-refractivity contribution in [3.05, 3.63) is 31.8 Å². The second-order valence-corrected chi connectivity index (χ2v) is 7.58. The first-order valence-electron chi connectivity index (χ1n) is 3.99. The first-order valence-corrected chi connectivity index (χ1v) is 7.93. The molecule has 0 fully saturated rings. The van der Waals surface area contributed by atoms with Crippen molar-refractivity contribution in [3.63, 3.8) is 0 Å². The monoisotopic (exact) mass is 388 g/mol. The van der Waals surface area contributed by atoms with Crippen LogP contribution in [0.25, 0.3) is 0 Å². The molecule has 0 unspecified atom stereocenters. The summed E-state index contributed by atoms with van der Waals surface area (Å²) in [6.07, 6.45) is 1.84. The average molecular weight is 389 g/mol. The summed E-state index contributed by atoms with van der Waals surface area (Å²) < 4.78 is 24.0. The van der Waals surface area contributed by atoms with Gasteiger partial charge in [-0.2, -0.15) is 0 Å². The van der Waals surface area contributed by atoms with Crippen molar-refractivity contribution in [2.75, 3.05) is 12.0 Å². The lowest BCUT2D eigenvalue weighted by Gasteiger charge is -2.02. The van der Waals surface area contributed by atoms with Crippen LogP contribution in [0.15, 0.2) is 22.7 Å². The van der Waals surface area contributed by atoms with Crippen molar-refractivity contribution >= 4 is 48.4 Å². The summed E-state index contributed by atoms with van der Waals surface area (Å²) in [6, 6.07) is 5.94. The van der Waals surface area contributed by atoms with Gasteiger partial charge in [-0.25, -0.2) is 8.42 Å². The van der Waals surface area contributed by atoms with Gasteiger partial charge in [-0.1, -0.05) is 15.9 Å². The van der Waals surface area contributed by atoms with E-state index in [1.54, 1.807) is 0 Å². The smallest absolute Gasteiger partial charge is 0.147 e. The molecule has 14 heavy (non-hydrogen) atoms. The van der Waals surface area contributed by atoms with E-state index in [4.69, 9.17) is 0 Å². The van der Waals surface area contributed by atoms with E-state index in [1.807, 2.05) is 18.2 Å². The number of hydrogen-bond acceptors (Lipinski definition) is 2. The Balaban J connectivity index is 2.78. The van der Waals surface area contributed by atoms with Crippen molar-refractivity contribution in [3.8, 4) is 0 Å². The second-order valence-electron chi connectivity index (χ2n) is 3.16. The molecular weight excluding hydrogens is 379 g/mol. The molecule has 0 radical (unpaired) electrons. The third kappa shape index (κ3) is 4.75. The van der Waals surface area contributed by atoms with E-state index in [0.29, 0.717) is 6.42 Å². The highest BCUT2D eigenvalue weighted by molar-refractivity contribution is 14.1. The predicted molar refractivity (Wildman–Crippen MR) is 70.3 cm³/mol. The van der Waals surface area contributed by atoms with E-state index in [-0.39, 0.29) is 5.75 Å². The molecule has 0 aliphatic carbocycles. The number of halogens is 2. The molecular formula is C9H10BrIO2S. The molecule has 1 rings (SSSR count). The van der Waals surface area contributed by atoms with Crippen LogP contribution in [0.2, 0.25) is 0 Å². The molecule has 1 aromatic rings. The van der Waals surface area contributed by atoms with Crippen LogP contribution in [-0.4, -0.2) is 20.4 Å². The van der Waals surface area contributed by atoms with E-state index < -0.39 is 9.84 Å². The van der Waals surface area contributed by atoms with E-state index in [2.05, 4.69) is 38.5 Å². The van der Waals surface area contributed by atoms with Crippen LogP contribution >= 0.6 is 38.5 Å². The molecule has 2 nitrogen and oxygen atoms in total. The maximum absolute atomic E-state index is 11.0. The van der Waals surface area contributed by atoms with Gasteiger partial charge in [0.2, 0.25) is 0 Å². The van der Waals surface area contributed by atoms with Gasteiger partial charge in [-0.3, -0.25) is 0 Å². The van der Waals surface area contributed by atoms with Crippen LogP contribution in [0, 0.1) is 3.57 Å². The average Bonchev–Trinajstić information content (AvgIpc) is 1.97. The zero-order valence-electron chi connectivity index (χ0n) is 7.63. The number of benzene rings is 1. The zero-order valence-corrected chi connectivity index (χ0v) is 12.2. The maximum Gasteiger partial charge on any atom is 0.147 e. The Bertz CT molecular complexity index is 408. The number of aryl methyl sites for hydroxylation is 1. The highest BCUT2D eigenvalue weighted by atomic mass is 127. The Hall–Kier alpha value is 0.380. The summed E-state index contributed by atoms with van der Waals surface area (Å²) in [4.78, 5) is 0. The van der Waals surface area contributed by atoms with Gasteiger partial charge in [0, 0.05) is 14.3 Å². The molecule has 5 heteroatoms. The summed E-state index contributed by atoms with van der Waals surface area (Å²) >= 11 is 5.59. The molecule has 1 aromatic carbocycles. The first kappa shape index (κ1) is 12.4. The van der Waals surface area contributed by atoms with Gasteiger partial charge < -0.3 is 0 Å². The van der Waals surface area contributed by atoms with Crippen LogP contribution in [0.1, 0.15) is 5.56 Å². The third-order valence-electron chi connectivity index (χ3n) is 1.68. The fraction of sp³-hybridized carbons (Fsp3) is 0.333. The molecule has 0 aromatic heterocycles. The molecule has 0 bridgehead atoms. The van der Waals surface area contributed by atoms with Crippen LogP contribution < -0.4 is 0 Å². The van der Waals surface area contributed by atoms with E-state index in [0.717, 1.165) is 13.6 Å². The minimum atomic E-state index is -2.87. The fourth-order valence-corrected chi connectivity index (χ4v) is 3.37. The molecule has 0 atom stereocenters. The highest BCUT2D eigenvalue weighted by Crippen LogP contribution is 2.17. The lowest BCUT2D eigenvalue weighted by atomic mass is 10.2. The van der Waals surface area contributed by atoms with Crippen LogP contribution in [-0.2, 0) is 16.3 Å². The van der Waals surface area contributed by atoms with Gasteiger partial charge in [0.25, 0.3) is 0 Å². The lowest BCUT2D eigenvalue weighted by Crippen LogP contribution is -2.05. The molecule has 0 saturated carbocycles. The number of rotatable bonds is 3. The number of hydrogen-bond donors (Lipinski definition) is 0. The van der Waals surface area contributed by atoms with Crippen LogP contribution in [0.5, 0.6) is 0 Å². The SMILES string of the molecule is CS(=O)(=O)CCc1cc(Br)cc(I)c1. The number of sulfone groups is 1. The van der Waals surface area contributed by atoms with Crippen LogP contribution in [0.3, 0.4) is 0 Å². The minimum absolute atomic E-state index is 0.208. The van der Waals surface area contributed by atoms with Gasteiger partial charge in [-0.05, 0) is 52.8 Å². The van der Waals surface area contributed by atoms with E-state index >= 15 is 0 Å². The molecule has 0 aliphatic rings. The second kappa shape index (κ2) is 4.94. The van der Waals surface area contributed by atoms with Crippen molar-refractivity contribution in [1.82, 2.24) is 0 Å². The summed E-state index contributed by atoms with van der Waals surface area (Å²) in [6.45, 7) is 0. The Labute approximate surface area is 106 Å². The van der Waals surface area contributed by atoms with E-state index in [9.17, 15) is 8.42 Å². The van der Waals surface area contributed by atoms with Gasteiger partial charge in [-0.15, -0.1) is 0 Å². The summed E-state index contributed by atoms with van der Waals surface area (Å²) in [5.74, 6) is 0.208. The Kier molecular flexibility index (Phi) is 4.39. The molecule has 0 N–H and O–H groups in total. The van der Waals surface area contributed by atoms with Gasteiger partial charge >= 0.3 is 0 Å². The van der Waals surface area contributed by atoms with Crippen LogP contribution in [0.4, 0.5) is 0 Å². The fourth-order valence-electron chi connectivity index (χ4n) is 1.06. The summed E-state index contributed by atoms with van der Waals surface area (Å²) in [5, 5.41) is 0. The quantitative estimate of drug-likeness (QED) is 0.746. The van der Waals surface area contributed by atoms with Crippen molar-refractivity contribution in [2.45, 2.75) is 6.42 Å². The Morgan fingerprint density at radius 3 is 2.50 bits per heavy atom. The molecule has 0 saturated heterocycles. The van der Waals surface area contributed by atoms with Gasteiger partial charge in [0.1, 0.15) is 9.84 Å². The molecule has 78 valence electrons.